The van der Waals surface area contributed by atoms with Crippen LogP contribution in [0.1, 0.15) is 13.8 Å². The van der Waals surface area contributed by atoms with Gasteiger partial charge in [-0.3, -0.25) is 4.90 Å². The Morgan fingerprint density at radius 3 is 3.19 bits per heavy atom. The molecule has 0 saturated carbocycles. The fourth-order valence-electron chi connectivity index (χ4n) is 1.93. The maximum absolute atomic E-state index is 5.76. The molecule has 1 aliphatic rings. The van der Waals surface area contributed by atoms with Crippen molar-refractivity contribution in [3.05, 3.63) is 16.8 Å². The lowest BCUT2D eigenvalue weighted by Crippen LogP contribution is -2.47. The first kappa shape index (κ1) is 11.9. The van der Waals surface area contributed by atoms with Crippen molar-refractivity contribution in [3.8, 4) is 0 Å². The van der Waals surface area contributed by atoms with E-state index >= 15 is 0 Å². The smallest absolute Gasteiger partial charge is 0.0874 e. The lowest BCUT2D eigenvalue weighted by atomic mass is 10.2. The highest BCUT2D eigenvalue weighted by Gasteiger charge is 2.21. The Kier molecular flexibility index (Phi) is 4.21. The summed E-state index contributed by atoms with van der Waals surface area (Å²) in [5.41, 5.74) is 1.20. The van der Waals surface area contributed by atoms with E-state index < -0.39 is 0 Å². The van der Waals surface area contributed by atoms with Gasteiger partial charge in [0.25, 0.3) is 0 Å². The van der Waals surface area contributed by atoms with Crippen molar-refractivity contribution < 1.29 is 4.74 Å². The van der Waals surface area contributed by atoms with E-state index in [-0.39, 0.29) is 0 Å². The highest BCUT2D eigenvalue weighted by atomic mass is 32.1. The Morgan fingerprint density at radius 2 is 2.50 bits per heavy atom. The van der Waals surface area contributed by atoms with Crippen molar-refractivity contribution in [1.29, 1.82) is 0 Å². The molecule has 3 nitrogen and oxygen atoms in total. The van der Waals surface area contributed by atoms with Gasteiger partial charge in [-0.1, -0.05) is 0 Å². The van der Waals surface area contributed by atoms with Crippen LogP contribution in [0.5, 0.6) is 0 Å². The minimum absolute atomic E-state index is 0.316. The summed E-state index contributed by atoms with van der Waals surface area (Å²) < 4.78 is 5.76. The van der Waals surface area contributed by atoms with Gasteiger partial charge in [0.05, 0.1) is 12.7 Å². The van der Waals surface area contributed by atoms with E-state index in [1.807, 2.05) is 0 Å². The summed E-state index contributed by atoms with van der Waals surface area (Å²) >= 11 is 1.72. The number of ether oxygens (including phenoxy) is 1. The van der Waals surface area contributed by atoms with Crippen LogP contribution in [0.25, 0.3) is 0 Å². The van der Waals surface area contributed by atoms with Crippen LogP contribution < -0.4 is 5.32 Å². The van der Waals surface area contributed by atoms with Crippen LogP contribution in [0, 0.1) is 0 Å². The zero-order valence-corrected chi connectivity index (χ0v) is 10.8. The molecular formula is C12H20N2OS. The highest BCUT2D eigenvalue weighted by Crippen LogP contribution is 2.13. The summed E-state index contributed by atoms with van der Waals surface area (Å²) in [5, 5.41) is 7.63. The van der Waals surface area contributed by atoms with Gasteiger partial charge in [-0.05, 0) is 25.3 Å². The van der Waals surface area contributed by atoms with Crippen LogP contribution in [0.3, 0.4) is 0 Å². The van der Waals surface area contributed by atoms with Gasteiger partial charge in [-0.15, -0.1) is 0 Å². The third-order valence-electron chi connectivity index (χ3n) is 2.96. The average molecular weight is 240 g/mol. The van der Waals surface area contributed by atoms with E-state index in [4.69, 9.17) is 4.74 Å². The van der Waals surface area contributed by atoms with Crippen LogP contribution in [0.15, 0.2) is 16.8 Å². The normalized spacial score (nSPS) is 22.6. The van der Waals surface area contributed by atoms with Gasteiger partial charge >= 0.3 is 0 Å². The summed E-state index contributed by atoms with van der Waals surface area (Å²) in [6.45, 7) is 8.35. The van der Waals surface area contributed by atoms with Crippen molar-refractivity contribution in [2.45, 2.75) is 26.0 Å². The van der Waals surface area contributed by atoms with Gasteiger partial charge < -0.3 is 10.1 Å². The molecule has 0 radical (unpaired) electrons. The molecule has 1 unspecified atom stereocenters. The summed E-state index contributed by atoms with van der Waals surface area (Å²) in [6.07, 6.45) is 0.316. The molecule has 0 aromatic carbocycles. The van der Waals surface area contributed by atoms with Crippen LogP contribution >= 0.6 is 11.3 Å². The van der Waals surface area contributed by atoms with E-state index in [1.165, 1.54) is 5.69 Å². The molecule has 1 aromatic rings. The lowest BCUT2D eigenvalue weighted by molar-refractivity contribution is -0.0315. The van der Waals surface area contributed by atoms with E-state index in [2.05, 4.69) is 40.9 Å². The summed E-state index contributed by atoms with van der Waals surface area (Å²) in [6, 6.07) is 2.72. The first-order valence-corrected chi connectivity index (χ1v) is 6.81. The molecule has 0 bridgehead atoms. The second-order valence-corrected chi connectivity index (χ2v) is 5.25. The highest BCUT2D eigenvalue weighted by molar-refractivity contribution is 7.08. The van der Waals surface area contributed by atoms with Gasteiger partial charge in [-0.2, -0.15) is 11.3 Å². The number of rotatable bonds is 4. The van der Waals surface area contributed by atoms with E-state index in [0.717, 1.165) is 26.2 Å². The lowest BCUT2D eigenvalue weighted by Gasteiger charge is -2.35. The van der Waals surface area contributed by atoms with Crippen LogP contribution in [-0.2, 0) is 4.74 Å². The Balaban J connectivity index is 1.77. The Morgan fingerprint density at radius 1 is 1.62 bits per heavy atom. The van der Waals surface area contributed by atoms with Gasteiger partial charge in [0.1, 0.15) is 0 Å². The van der Waals surface area contributed by atoms with E-state index in [1.54, 1.807) is 11.3 Å². The van der Waals surface area contributed by atoms with Crippen molar-refractivity contribution >= 4 is 17.0 Å². The topological polar surface area (TPSA) is 24.5 Å². The second kappa shape index (κ2) is 5.66. The van der Waals surface area contributed by atoms with Crippen molar-refractivity contribution in [3.63, 3.8) is 0 Å². The van der Waals surface area contributed by atoms with E-state index in [9.17, 15) is 0 Å². The number of nitrogens with one attached hydrogen (secondary N) is 1. The first-order chi connectivity index (χ1) is 7.75. The van der Waals surface area contributed by atoms with Crippen LogP contribution in [0.2, 0.25) is 0 Å². The standard InChI is InChI=1S/C12H20N2OS/c1-10(2)14-4-5-15-12(8-14)7-13-11-3-6-16-9-11/h3,6,9-10,12-13H,4-5,7-8H2,1-2H3. The zero-order valence-electron chi connectivity index (χ0n) is 9.98. The molecule has 1 N–H and O–H groups in total. The number of thiophene rings is 1. The summed E-state index contributed by atoms with van der Waals surface area (Å²) in [7, 11) is 0. The molecule has 0 aliphatic carbocycles. The van der Waals surface area contributed by atoms with E-state index in [0.29, 0.717) is 12.1 Å². The quantitative estimate of drug-likeness (QED) is 0.874. The zero-order chi connectivity index (χ0) is 11.4. The fraction of sp³-hybridized carbons (Fsp3) is 0.667. The fourth-order valence-corrected chi connectivity index (χ4v) is 2.54. The molecular weight excluding hydrogens is 220 g/mol. The van der Waals surface area contributed by atoms with Crippen molar-refractivity contribution in [2.24, 2.45) is 0 Å². The minimum Gasteiger partial charge on any atom is -0.382 e. The maximum atomic E-state index is 5.76. The molecule has 0 amide bonds. The van der Waals surface area contributed by atoms with Gasteiger partial charge in [0.2, 0.25) is 0 Å². The molecule has 4 heteroatoms. The number of hydrogen-bond acceptors (Lipinski definition) is 4. The van der Waals surface area contributed by atoms with Crippen molar-refractivity contribution in [2.75, 3.05) is 31.6 Å². The molecule has 1 atom stereocenters. The molecule has 2 rings (SSSR count). The Bertz CT molecular complexity index is 300. The maximum Gasteiger partial charge on any atom is 0.0874 e. The predicted octanol–water partition coefficient (Wildman–Crippen LogP) is 2.27. The van der Waals surface area contributed by atoms with Gasteiger partial charge in [-0.25, -0.2) is 0 Å². The monoisotopic (exact) mass is 240 g/mol. The SMILES string of the molecule is CC(C)N1CCOC(CNc2ccsc2)C1. The first-order valence-electron chi connectivity index (χ1n) is 5.87. The molecule has 0 spiro atoms. The molecule has 1 aromatic heterocycles. The number of morpholine rings is 1. The average Bonchev–Trinajstić information content (AvgIpc) is 2.79. The minimum atomic E-state index is 0.316. The molecule has 1 fully saturated rings. The number of hydrogen-bond donors (Lipinski definition) is 1. The molecule has 16 heavy (non-hydrogen) atoms. The number of anilines is 1. The molecule has 1 saturated heterocycles. The van der Waals surface area contributed by atoms with Crippen molar-refractivity contribution in [1.82, 2.24) is 4.90 Å². The van der Waals surface area contributed by atoms with Gasteiger partial charge in [0, 0.05) is 36.7 Å². The molecule has 2 heterocycles. The van der Waals surface area contributed by atoms with Crippen LogP contribution in [-0.4, -0.2) is 43.3 Å². The number of nitrogens with zero attached hydrogens (tertiary/aromatic N) is 1. The third kappa shape index (κ3) is 3.20. The molecule has 1 aliphatic heterocycles. The van der Waals surface area contributed by atoms with Gasteiger partial charge in [0.15, 0.2) is 0 Å². The Hall–Kier alpha value is -0.580. The second-order valence-electron chi connectivity index (χ2n) is 4.47. The largest absolute Gasteiger partial charge is 0.382 e. The predicted molar refractivity (Wildman–Crippen MR) is 69.3 cm³/mol. The Labute approximate surface area is 101 Å². The third-order valence-corrected chi connectivity index (χ3v) is 3.64. The molecule has 90 valence electrons. The van der Waals surface area contributed by atoms with Crippen LogP contribution in [0.4, 0.5) is 5.69 Å². The summed E-state index contributed by atoms with van der Waals surface area (Å²) in [5.74, 6) is 0. The summed E-state index contributed by atoms with van der Waals surface area (Å²) in [4.78, 5) is 2.48.